The summed E-state index contributed by atoms with van der Waals surface area (Å²) in [5.74, 6) is 1.53. The molecule has 7 heteroatoms. The number of carbonyl (C=O) groups is 1. The molecule has 2 aromatic heterocycles. The molecular formula is C17H22N4O3. The minimum atomic E-state index is -0.167. The molecular weight excluding hydrogens is 308 g/mol. The number of pyridine rings is 1. The van der Waals surface area contributed by atoms with Gasteiger partial charge in [-0.05, 0) is 18.9 Å². The van der Waals surface area contributed by atoms with Crippen LogP contribution in [0.3, 0.4) is 0 Å². The second-order valence-electron chi connectivity index (χ2n) is 6.49. The maximum absolute atomic E-state index is 12.5. The standard InChI is InChI=1S/C17H22N4O3/c1-12(2)17-18-16(19-24-17)13-6-5-9-20(10-13)15(23)11-21-8-4-3-7-14(21)22/h3-4,7-8,12-13H,5-6,9-11H2,1-2H3/t13-/m0/s1. The highest BCUT2D eigenvalue weighted by atomic mass is 16.5. The van der Waals surface area contributed by atoms with Gasteiger partial charge >= 0.3 is 0 Å². The lowest BCUT2D eigenvalue weighted by molar-refractivity contribution is -0.133. The predicted octanol–water partition coefficient (Wildman–Crippen LogP) is 1.76. The highest BCUT2D eigenvalue weighted by Crippen LogP contribution is 2.26. The van der Waals surface area contributed by atoms with Crippen molar-refractivity contribution in [1.29, 1.82) is 0 Å². The first-order valence-corrected chi connectivity index (χ1v) is 8.31. The largest absolute Gasteiger partial charge is 0.340 e. The zero-order valence-electron chi connectivity index (χ0n) is 14.0. The van der Waals surface area contributed by atoms with Gasteiger partial charge in [-0.15, -0.1) is 0 Å². The molecule has 1 saturated heterocycles. The number of piperidine rings is 1. The zero-order valence-corrected chi connectivity index (χ0v) is 14.0. The zero-order chi connectivity index (χ0) is 17.1. The molecule has 1 aliphatic rings. The lowest BCUT2D eigenvalue weighted by Gasteiger charge is -2.31. The van der Waals surface area contributed by atoms with E-state index in [1.807, 2.05) is 13.8 Å². The van der Waals surface area contributed by atoms with Crippen molar-refractivity contribution in [2.45, 2.75) is 45.1 Å². The molecule has 0 bridgehead atoms. The average Bonchev–Trinajstić information content (AvgIpc) is 3.07. The molecule has 1 atom stereocenters. The fourth-order valence-corrected chi connectivity index (χ4v) is 2.90. The van der Waals surface area contributed by atoms with E-state index in [1.165, 1.54) is 10.6 Å². The third kappa shape index (κ3) is 3.55. The molecule has 1 aliphatic heterocycles. The summed E-state index contributed by atoms with van der Waals surface area (Å²) in [4.78, 5) is 30.5. The van der Waals surface area contributed by atoms with Crippen LogP contribution in [0.4, 0.5) is 0 Å². The number of nitrogens with zero attached hydrogens (tertiary/aromatic N) is 4. The van der Waals surface area contributed by atoms with Gasteiger partial charge in [-0.25, -0.2) is 0 Å². The molecule has 0 N–H and O–H groups in total. The lowest BCUT2D eigenvalue weighted by Crippen LogP contribution is -2.42. The monoisotopic (exact) mass is 330 g/mol. The Balaban J connectivity index is 1.67. The van der Waals surface area contributed by atoms with Gasteiger partial charge in [-0.1, -0.05) is 25.1 Å². The van der Waals surface area contributed by atoms with E-state index >= 15 is 0 Å². The van der Waals surface area contributed by atoms with Crippen LogP contribution in [0.15, 0.2) is 33.7 Å². The number of hydrogen-bond acceptors (Lipinski definition) is 5. The van der Waals surface area contributed by atoms with E-state index in [9.17, 15) is 9.59 Å². The van der Waals surface area contributed by atoms with Gasteiger partial charge in [-0.3, -0.25) is 9.59 Å². The highest BCUT2D eigenvalue weighted by Gasteiger charge is 2.28. The fourth-order valence-electron chi connectivity index (χ4n) is 2.90. The van der Waals surface area contributed by atoms with Crippen molar-refractivity contribution in [3.8, 4) is 0 Å². The van der Waals surface area contributed by atoms with Gasteiger partial charge in [-0.2, -0.15) is 4.98 Å². The predicted molar refractivity (Wildman–Crippen MR) is 87.6 cm³/mol. The Labute approximate surface area is 140 Å². The molecule has 1 fully saturated rings. The summed E-state index contributed by atoms with van der Waals surface area (Å²) in [7, 11) is 0. The topological polar surface area (TPSA) is 81.2 Å². The smallest absolute Gasteiger partial charge is 0.250 e. The Morgan fingerprint density at radius 3 is 2.96 bits per heavy atom. The number of hydrogen-bond donors (Lipinski definition) is 0. The van der Waals surface area contributed by atoms with Crippen LogP contribution >= 0.6 is 0 Å². The Hall–Kier alpha value is -2.44. The van der Waals surface area contributed by atoms with Crippen LogP contribution in [0.25, 0.3) is 0 Å². The van der Waals surface area contributed by atoms with Gasteiger partial charge in [0.25, 0.3) is 5.56 Å². The Kier molecular flexibility index (Phi) is 4.78. The maximum Gasteiger partial charge on any atom is 0.250 e. The molecule has 0 radical (unpaired) electrons. The quantitative estimate of drug-likeness (QED) is 0.853. The van der Waals surface area contributed by atoms with Crippen LogP contribution < -0.4 is 5.56 Å². The van der Waals surface area contributed by atoms with Gasteiger partial charge in [0.1, 0.15) is 6.54 Å². The molecule has 0 aliphatic carbocycles. The van der Waals surface area contributed by atoms with Gasteiger partial charge in [0, 0.05) is 37.2 Å². The third-order valence-electron chi connectivity index (χ3n) is 4.30. The van der Waals surface area contributed by atoms with E-state index in [0.717, 1.165) is 12.8 Å². The molecule has 2 aromatic rings. The summed E-state index contributed by atoms with van der Waals surface area (Å²) in [5.41, 5.74) is -0.167. The van der Waals surface area contributed by atoms with Crippen LogP contribution in [-0.4, -0.2) is 38.6 Å². The fraction of sp³-hybridized carbons (Fsp3) is 0.529. The average molecular weight is 330 g/mol. The minimum absolute atomic E-state index is 0.0550. The van der Waals surface area contributed by atoms with Gasteiger partial charge in [0.15, 0.2) is 5.82 Å². The third-order valence-corrected chi connectivity index (χ3v) is 4.30. The summed E-state index contributed by atoms with van der Waals surface area (Å²) >= 11 is 0. The first-order chi connectivity index (χ1) is 11.5. The summed E-state index contributed by atoms with van der Waals surface area (Å²) in [5, 5.41) is 4.07. The molecule has 24 heavy (non-hydrogen) atoms. The van der Waals surface area contributed by atoms with Crippen LogP contribution in [0.5, 0.6) is 0 Å². The maximum atomic E-state index is 12.5. The number of rotatable bonds is 4. The van der Waals surface area contributed by atoms with Crippen molar-refractivity contribution < 1.29 is 9.32 Å². The molecule has 0 unspecified atom stereocenters. The van der Waals surface area contributed by atoms with Crippen molar-refractivity contribution >= 4 is 5.91 Å². The summed E-state index contributed by atoms with van der Waals surface area (Å²) in [6, 6.07) is 4.88. The molecule has 0 aromatic carbocycles. The van der Waals surface area contributed by atoms with Crippen molar-refractivity contribution in [3.63, 3.8) is 0 Å². The molecule has 3 rings (SSSR count). The summed E-state index contributed by atoms with van der Waals surface area (Å²) in [6.45, 7) is 5.34. The summed E-state index contributed by atoms with van der Waals surface area (Å²) in [6.07, 6.45) is 3.47. The van der Waals surface area contributed by atoms with Gasteiger partial charge in [0.2, 0.25) is 11.8 Å². The lowest BCUT2D eigenvalue weighted by atomic mass is 9.97. The first kappa shape index (κ1) is 16.4. The first-order valence-electron chi connectivity index (χ1n) is 8.31. The van der Waals surface area contributed by atoms with Crippen LogP contribution in [0.1, 0.15) is 50.2 Å². The van der Waals surface area contributed by atoms with Crippen LogP contribution in [0, 0.1) is 0 Å². The van der Waals surface area contributed by atoms with E-state index in [2.05, 4.69) is 10.1 Å². The Bertz CT molecular complexity index is 765. The Morgan fingerprint density at radius 1 is 1.42 bits per heavy atom. The van der Waals surface area contributed by atoms with Gasteiger partial charge in [0.05, 0.1) is 0 Å². The molecule has 128 valence electrons. The number of amides is 1. The van der Waals surface area contributed by atoms with Crippen molar-refractivity contribution in [3.05, 3.63) is 46.5 Å². The normalized spacial score (nSPS) is 18.1. The molecule has 3 heterocycles. The SMILES string of the molecule is CC(C)c1nc([C@H]2CCCN(C(=O)Cn3ccccc3=O)C2)no1. The second-order valence-corrected chi connectivity index (χ2v) is 6.49. The van der Waals surface area contributed by atoms with E-state index in [-0.39, 0.29) is 29.8 Å². The van der Waals surface area contributed by atoms with E-state index in [1.54, 1.807) is 23.2 Å². The van der Waals surface area contributed by atoms with E-state index < -0.39 is 0 Å². The molecule has 0 saturated carbocycles. The van der Waals surface area contributed by atoms with Crippen molar-refractivity contribution in [2.24, 2.45) is 0 Å². The second kappa shape index (κ2) is 6.98. The molecule has 0 spiro atoms. The van der Waals surface area contributed by atoms with E-state index in [0.29, 0.717) is 24.8 Å². The Morgan fingerprint density at radius 2 is 2.25 bits per heavy atom. The van der Waals surface area contributed by atoms with Crippen LogP contribution in [-0.2, 0) is 11.3 Å². The van der Waals surface area contributed by atoms with Gasteiger partial charge < -0.3 is 14.0 Å². The van der Waals surface area contributed by atoms with Crippen LogP contribution in [0.2, 0.25) is 0 Å². The number of likely N-dealkylation sites (tertiary alicyclic amines) is 1. The summed E-state index contributed by atoms with van der Waals surface area (Å²) < 4.78 is 6.70. The molecule has 7 nitrogen and oxygen atoms in total. The number of aromatic nitrogens is 3. The van der Waals surface area contributed by atoms with Crippen molar-refractivity contribution in [2.75, 3.05) is 13.1 Å². The number of carbonyl (C=O) groups excluding carboxylic acids is 1. The van der Waals surface area contributed by atoms with E-state index in [4.69, 9.17) is 4.52 Å². The minimum Gasteiger partial charge on any atom is -0.340 e. The van der Waals surface area contributed by atoms with Crippen molar-refractivity contribution in [1.82, 2.24) is 19.6 Å². The molecule has 1 amide bonds. The highest BCUT2D eigenvalue weighted by molar-refractivity contribution is 5.76.